The molecule has 0 fully saturated rings. The van der Waals surface area contributed by atoms with Gasteiger partial charge >= 0.3 is 5.97 Å². The Morgan fingerprint density at radius 1 is 1.13 bits per heavy atom. The molecule has 0 spiro atoms. The minimum Gasteiger partial charge on any atom is -0.506 e. The van der Waals surface area contributed by atoms with Crippen molar-refractivity contribution < 1.29 is 29.2 Å². The Morgan fingerprint density at radius 2 is 1.87 bits per heavy atom. The molecule has 0 radical (unpaired) electrons. The van der Waals surface area contributed by atoms with Crippen LogP contribution in [-0.4, -0.2) is 42.1 Å². The fourth-order valence-electron chi connectivity index (χ4n) is 2.74. The molecule has 1 aliphatic heterocycles. The van der Waals surface area contributed by atoms with Gasteiger partial charge in [-0.25, -0.2) is 9.79 Å². The van der Waals surface area contributed by atoms with Gasteiger partial charge < -0.3 is 24.4 Å². The monoisotopic (exact) mass is 427 g/mol. The van der Waals surface area contributed by atoms with Gasteiger partial charge in [0.15, 0.2) is 11.5 Å². The number of aliphatic hydroxyl groups excluding tert-OH is 1. The molecule has 8 heteroatoms. The number of thioether (sulfide) groups is 1. The number of carbonyl (C=O) groups is 1. The summed E-state index contributed by atoms with van der Waals surface area (Å²) in [6, 6.07) is 11.9. The molecule has 3 rings (SSSR count). The van der Waals surface area contributed by atoms with E-state index in [4.69, 9.17) is 14.2 Å². The van der Waals surface area contributed by atoms with Crippen molar-refractivity contribution in [2.75, 3.05) is 20.8 Å². The van der Waals surface area contributed by atoms with Crippen molar-refractivity contribution in [1.29, 1.82) is 0 Å². The van der Waals surface area contributed by atoms with E-state index in [2.05, 4.69) is 4.99 Å². The molecule has 0 bridgehead atoms. The molecule has 0 unspecified atom stereocenters. The summed E-state index contributed by atoms with van der Waals surface area (Å²) in [5.74, 6) is 0.100. The average molecular weight is 427 g/mol. The van der Waals surface area contributed by atoms with Crippen LogP contribution in [0.15, 0.2) is 63.7 Å². The molecule has 0 aliphatic carbocycles. The van der Waals surface area contributed by atoms with E-state index in [1.807, 2.05) is 6.92 Å². The zero-order chi connectivity index (χ0) is 21.7. The Labute approximate surface area is 178 Å². The molecular formula is C22H21NO6S. The molecule has 0 amide bonds. The lowest BCUT2D eigenvalue weighted by Crippen LogP contribution is -2.10. The normalized spacial score (nSPS) is 16.2. The molecule has 0 saturated heterocycles. The van der Waals surface area contributed by atoms with Crippen molar-refractivity contribution in [2.24, 2.45) is 4.99 Å². The number of hydrogen-bond donors (Lipinski definition) is 2. The summed E-state index contributed by atoms with van der Waals surface area (Å²) in [5.41, 5.74) is 1.20. The minimum absolute atomic E-state index is 0.0135. The molecule has 30 heavy (non-hydrogen) atoms. The average Bonchev–Trinajstić information content (AvgIpc) is 3.04. The smallest absolute Gasteiger partial charge is 0.344 e. The van der Waals surface area contributed by atoms with E-state index in [0.29, 0.717) is 39.3 Å². The van der Waals surface area contributed by atoms with Gasteiger partial charge in [0.05, 0.1) is 31.4 Å². The Bertz CT molecular complexity index is 1040. The maximum atomic E-state index is 12.3. The van der Waals surface area contributed by atoms with Crippen molar-refractivity contribution in [3.8, 4) is 17.2 Å². The van der Waals surface area contributed by atoms with E-state index in [1.54, 1.807) is 42.5 Å². The number of aliphatic imine (C=N–C) groups is 1. The lowest BCUT2D eigenvalue weighted by Gasteiger charge is -2.04. The SMILES string of the molecule is CCOc1ccc(N=C2S/C(=C/c3ccc(OC)c(O)c3)C(O)=C2C(=O)OC)cc1. The highest BCUT2D eigenvalue weighted by molar-refractivity contribution is 8.18. The molecule has 2 aromatic rings. The van der Waals surface area contributed by atoms with Crippen LogP contribution in [-0.2, 0) is 9.53 Å². The highest BCUT2D eigenvalue weighted by atomic mass is 32.2. The van der Waals surface area contributed by atoms with Crippen LogP contribution < -0.4 is 9.47 Å². The van der Waals surface area contributed by atoms with Gasteiger partial charge in [-0.05, 0) is 55.0 Å². The summed E-state index contributed by atoms with van der Waals surface area (Å²) in [4.78, 5) is 17.2. The van der Waals surface area contributed by atoms with Crippen molar-refractivity contribution >= 4 is 34.5 Å². The molecule has 0 saturated carbocycles. The molecule has 156 valence electrons. The number of phenols is 1. The second kappa shape index (κ2) is 9.41. The fraction of sp³-hybridized carbons (Fsp3) is 0.182. The third-order valence-electron chi connectivity index (χ3n) is 4.16. The molecule has 2 aromatic carbocycles. The van der Waals surface area contributed by atoms with Crippen LogP contribution >= 0.6 is 11.8 Å². The lowest BCUT2D eigenvalue weighted by molar-refractivity contribution is -0.135. The third-order valence-corrected chi connectivity index (χ3v) is 5.18. The largest absolute Gasteiger partial charge is 0.506 e. The van der Waals surface area contributed by atoms with Gasteiger partial charge in [0, 0.05) is 0 Å². The van der Waals surface area contributed by atoms with Gasteiger partial charge in [-0.2, -0.15) is 0 Å². The van der Waals surface area contributed by atoms with Gasteiger partial charge in [0.25, 0.3) is 0 Å². The van der Waals surface area contributed by atoms with Crippen molar-refractivity contribution in [3.05, 3.63) is 64.3 Å². The predicted molar refractivity (Wildman–Crippen MR) is 117 cm³/mol. The van der Waals surface area contributed by atoms with Crippen LogP contribution in [0.25, 0.3) is 6.08 Å². The van der Waals surface area contributed by atoms with E-state index in [0.717, 1.165) is 11.8 Å². The number of carbonyl (C=O) groups excluding carboxylic acids is 1. The molecule has 2 N–H and O–H groups in total. The van der Waals surface area contributed by atoms with Crippen molar-refractivity contribution in [1.82, 2.24) is 0 Å². The predicted octanol–water partition coefficient (Wildman–Crippen LogP) is 4.60. The van der Waals surface area contributed by atoms with Gasteiger partial charge in [-0.3, -0.25) is 0 Å². The number of methoxy groups -OCH3 is 2. The Kier molecular flexibility index (Phi) is 6.68. The van der Waals surface area contributed by atoms with Crippen molar-refractivity contribution in [2.45, 2.75) is 6.92 Å². The second-order valence-electron chi connectivity index (χ2n) is 6.10. The van der Waals surface area contributed by atoms with E-state index in [1.165, 1.54) is 20.3 Å². The Morgan fingerprint density at radius 3 is 2.47 bits per heavy atom. The zero-order valence-corrected chi connectivity index (χ0v) is 17.5. The van der Waals surface area contributed by atoms with Crippen molar-refractivity contribution in [3.63, 3.8) is 0 Å². The van der Waals surface area contributed by atoms with Gasteiger partial charge in [-0.1, -0.05) is 17.8 Å². The maximum absolute atomic E-state index is 12.3. The Balaban J connectivity index is 1.97. The zero-order valence-electron chi connectivity index (χ0n) is 16.7. The number of rotatable bonds is 6. The number of nitrogens with zero attached hydrogens (tertiary/aromatic N) is 1. The van der Waals surface area contributed by atoms with Crippen LogP contribution in [0.2, 0.25) is 0 Å². The first-order valence-corrected chi connectivity index (χ1v) is 9.88. The van der Waals surface area contributed by atoms with E-state index < -0.39 is 5.97 Å². The van der Waals surface area contributed by atoms with Crippen LogP contribution in [0, 0.1) is 0 Å². The third kappa shape index (κ3) is 4.60. The van der Waals surface area contributed by atoms with E-state index in [9.17, 15) is 15.0 Å². The summed E-state index contributed by atoms with van der Waals surface area (Å²) >= 11 is 1.13. The van der Waals surface area contributed by atoms with Crippen LogP contribution in [0.4, 0.5) is 5.69 Å². The van der Waals surface area contributed by atoms with Gasteiger partial charge in [0.1, 0.15) is 22.1 Å². The maximum Gasteiger partial charge on any atom is 0.344 e. The number of aliphatic hydroxyl groups is 1. The molecule has 1 aliphatic rings. The first-order valence-electron chi connectivity index (χ1n) is 9.07. The molecular weight excluding hydrogens is 406 g/mol. The van der Waals surface area contributed by atoms with Crippen LogP contribution in [0.1, 0.15) is 12.5 Å². The topological polar surface area (TPSA) is 97.6 Å². The van der Waals surface area contributed by atoms with Gasteiger partial charge in [0.2, 0.25) is 0 Å². The Hall–Kier alpha value is -3.39. The fourth-order valence-corrected chi connectivity index (χ4v) is 3.77. The highest BCUT2D eigenvalue weighted by Gasteiger charge is 2.33. The van der Waals surface area contributed by atoms with E-state index >= 15 is 0 Å². The van der Waals surface area contributed by atoms with Crippen LogP contribution in [0.5, 0.6) is 17.2 Å². The minimum atomic E-state index is -0.689. The molecule has 1 heterocycles. The summed E-state index contributed by atoms with van der Waals surface area (Å²) in [6.45, 7) is 2.46. The van der Waals surface area contributed by atoms with Gasteiger partial charge in [-0.15, -0.1) is 0 Å². The second-order valence-corrected chi connectivity index (χ2v) is 7.13. The quantitative estimate of drug-likeness (QED) is 0.650. The highest BCUT2D eigenvalue weighted by Crippen LogP contribution is 2.41. The van der Waals surface area contributed by atoms with Crippen LogP contribution in [0.3, 0.4) is 0 Å². The molecule has 7 nitrogen and oxygen atoms in total. The number of aromatic hydroxyl groups is 1. The summed E-state index contributed by atoms with van der Waals surface area (Å²) < 4.78 is 15.3. The standard InChI is InChI=1S/C22H21NO6S/c1-4-29-15-8-6-14(7-9-15)23-21-19(22(26)28-3)20(25)18(30-21)12-13-5-10-17(27-2)16(24)11-13/h5-12,24-25H,4H2,1-3H3/b18-12+,23-21?. The lowest BCUT2D eigenvalue weighted by atomic mass is 10.1. The summed E-state index contributed by atoms with van der Waals surface area (Å²) in [5, 5.41) is 20.9. The number of ether oxygens (including phenoxy) is 3. The molecule has 0 aromatic heterocycles. The number of hydrogen-bond acceptors (Lipinski definition) is 8. The first kappa shape index (κ1) is 21.3. The number of esters is 1. The summed E-state index contributed by atoms with van der Waals surface area (Å²) in [7, 11) is 2.70. The number of phenolic OH excluding ortho intramolecular Hbond substituents is 1. The molecule has 0 atom stereocenters. The number of benzene rings is 2. The van der Waals surface area contributed by atoms with E-state index in [-0.39, 0.29) is 17.1 Å². The first-order chi connectivity index (χ1) is 14.5. The summed E-state index contributed by atoms with van der Waals surface area (Å²) in [6.07, 6.45) is 1.64.